The number of nitrogens with zero attached hydrogens (tertiary/aromatic N) is 1. The van der Waals surface area contributed by atoms with Crippen LogP contribution in [0.5, 0.6) is 0 Å². The summed E-state index contributed by atoms with van der Waals surface area (Å²) in [5.74, 6) is -0.447. The predicted molar refractivity (Wildman–Crippen MR) is 63.9 cm³/mol. The molecule has 1 heterocycles. The molecule has 1 rings (SSSR count). The molecule has 17 heavy (non-hydrogen) atoms. The van der Waals surface area contributed by atoms with Crippen LogP contribution in [0.4, 0.5) is 4.79 Å². The van der Waals surface area contributed by atoms with Crippen molar-refractivity contribution in [1.82, 2.24) is 4.90 Å². The zero-order valence-corrected chi connectivity index (χ0v) is 11.3. The van der Waals surface area contributed by atoms with Crippen LogP contribution in [0, 0.1) is 0 Å². The van der Waals surface area contributed by atoms with Gasteiger partial charge in [0.2, 0.25) is 0 Å². The molecule has 0 aromatic rings. The number of carbonyl (C=O) groups is 1. The standard InChI is InChI=1S/C10H20N2O4S/c1-10(2,3)16-9(13)12-6-4-5-8(12)17(14,15)7-11/h8H,4-7,11H2,1-3H3. The van der Waals surface area contributed by atoms with E-state index in [0.717, 1.165) is 0 Å². The third kappa shape index (κ3) is 3.57. The average molecular weight is 264 g/mol. The predicted octanol–water partition coefficient (Wildman–Crippen LogP) is 0.674. The van der Waals surface area contributed by atoms with Crippen LogP contribution in [0.2, 0.25) is 0 Å². The minimum Gasteiger partial charge on any atom is -0.444 e. The van der Waals surface area contributed by atoms with Crippen molar-refractivity contribution < 1.29 is 17.9 Å². The van der Waals surface area contributed by atoms with Gasteiger partial charge >= 0.3 is 6.09 Å². The Hall–Kier alpha value is -0.820. The van der Waals surface area contributed by atoms with Crippen molar-refractivity contribution in [2.24, 2.45) is 5.73 Å². The van der Waals surface area contributed by atoms with Gasteiger partial charge in [-0.1, -0.05) is 0 Å². The Balaban J connectivity index is 2.80. The third-order valence-electron chi connectivity index (χ3n) is 2.47. The summed E-state index contributed by atoms with van der Waals surface area (Å²) in [5.41, 5.74) is 4.58. The molecule has 0 saturated carbocycles. The fraction of sp³-hybridized carbons (Fsp3) is 0.900. The highest BCUT2D eigenvalue weighted by Crippen LogP contribution is 2.24. The number of rotatable bonds is 2. The third-order valence-corrected chi connectivity index (χ3v) is 4.26. The number of amides is 1. The maximum Gasteiger partial charge on any atom is 0.411 e. The van der Waals surface area contributed by atoms with E-state index in [1.54, 1.807) is 20.8 Å². The van der Waals surface area contributed by atoms with Gasteiger partial charge in [-0.2, -0.15) is 0 Å². The molecule has 7 heteroatoms. The van der Waals surface area contributed by atoms with Crippen LogP contribution in [-0.4, -0.2) is 42.8 Å². The van der Waals surface area contributed by atoms with E-state index in [4.69, 9.17) is 10.5 Å². The number of hydrogen-bond donors (Lipinski definition) is 1. The molecule has 2 N–H and O–H groups in total. The molecule has 0 aromatic heterocycles. The van der Waals surface area contributed by atoms with Crippen LogP contribution in [0.25, 0.3) is 0 Å². The van der Waals surface area contributed by atoms with Gasteiger partial charge in [0.05, 0.1) is 5.88 Å². The van der Waals surface area contributed by atoms with E-state index >= 15 is 0 Å². The molecule has 0 spiro atoms. The van der Waals surface area contributed by atoms with Gasteiger partial charge in [-0.25, -0.2) is 13.2 Å². The SMILES string of the molecule is CC(C)(C)OC(=O)N1CCCC1S(=O)(=O)CN. The first-order valence-electron chi connectivity index (χ1n) is 5.58. The number of sulfone groups is 1. The summed E-state index contributed by atoms with van der Waals surface area (Å²) < 4.78 is 28.6. The first kappa shape index (κ1) is 14.2. The van der Waals surface area contributed by atoms with Gasteiger partial charge in [-0.15, -0.1) is 0 Å². The number of ether oxygens (including phenoxy) is 1. The molecular weight excluding hydrogens is 244 g/mol. The summed E-state index contributed by atoms with van der Waals surface area (Å²) in [6.45, 7) is 5.63. The molecule has 1 aliphatic heterocycles. The minimum absolute atomic E-state index is 0.402. The first-order valence-corrected chi connectivity index (χ1v) is 7.30. The average Bonchev–Trinajstić information content (AvgIpc) is 2.63. The topological polar surface area (TPSA) is 89.7 Å². The smallest absolute Gasteiger partial charge is 0.411 e. The largest absolute Gasteiger partial charge is 0.444 e. The van der Waals surface area contributed by atoms with Crippen LogP contribution in [0.3, 0.4) is 0 Å². The molecule has 1 unspecified atom stereocenters. The first-order chi connectivity index (χ1) is 7.67. The molecule has 6 nitrogen and oxygen atoms in total. The van der Waals surface area contributed by atoms with Crippen molar-refractivity contribution in [2.45, 2.75) is 44.6 Å². The second kappa shape index (κ2) is 4.81. The number of likely N-dealkylation sites (tertiary alicyclic amines) is 1. The molecule has 1 amide bonds. The van der Waals surface area contributed by atoms with Gasteiger partial charge in [0.25, 0.3) is 0 Å². The summed E-state index contributed by atoms with van der Waals surface area (Å²) in [5, 5.41) is -0.831. The summed E-state index contributed by atoms with van der Waals surface area (Å²) >= 11 is 0. The highest BCUT2D eigenvalue weighted by molar-refractivity contribution is 7.91. The van der Waals surface area contributed by atoms with E-state index in [9.17, 15) is 13.2 Å². The van der Waals surface area contributed by atoms with Gasteiger partial charge in [0.1, 0.15) is 11.0 Å². The van der Waals surface area contributed by atoms with Crippen LogP contribution in [0.1, 0.15) is 33.6 Å². The minimum atomic E-state index is -3.44. The Kier molecular flexibility index (Phi) is 4.03. The molecular formula is C10H20N2O4S. The van der Waals surface area contributed by atoms with Crippen molar-refractivity contribution in [2.75, 3.05) is 12.4 Å². The fourth-order valence-electron chi connectivity index (χ4n) is 1.75. The highest BCUT2D eigenvalue weighted by Gasteiger charge is 2.39. The van der Waals surface area contributed by atoms with E-state index in [-0.39, 0.29) is 0 Å². The zero-order valence-electron chi connectivity index (χ0n) is 10.5. The van der Waals surface area contributed by atoms with Crippen LogP contribution in [0.15, 0.2) is 0 Å². The van der Waals surface area contributed by atoms with Gasteiger partial charge in [-0.05, 0) is 33.6 Å². The van der Waals surface area contributed by atoms with E-state index in [1.165, 1.54) is 4.90 Å². The maximum atomic E-state index is 11.8. The molecule has 0 radical (unpaired) electrons. The maximum absolute atomic E-state index is 11.8. The molecule has 0 aromatic carbocycles. The lowest BCUT2D eigenvalue weighted by Gasteiger charge is -2.28. The quantitative estimate of drug-likeness (QED) is 0.792. The molecule has 0 bridgehead atoms. The van der Waals surface area contributed by atoms with Gasteiger partial charge < -0.3 is 10.5 Å². The van der Waals surface area contributed by atoms with E-state index in [0.29, 0.717) is 19.4 Å². The lowest BCUT2D eigenvalue weighted by molar-refractivity contribution is 0.0272. The van der Waals surface area contributed by atoms with Crippen molar-refractivity contribution in [1.29, 1.82) is 0 Å². The normalized spacial score (nSPS) is 21.6. The van der Waals surface area contributed by atoms with Crippen LogP contribution in [-0.2, 0) is 14.6 Å². The monoisotopic (exact) mass is 264 g/mol. The summed E-state index contributed by atoms with van der Waals surface area (Å²) in [7, 11) is -3.44. The summed E-state index contributed by atoms with van der Waals surface area (Å²) in [4.78, 5) is 13.1. The van der Waals surface area contributed by atoms with Gasteiger partial charge in [0.15, 0.2) is 9.84 Å². The number of carbonyl (C=O) groups excluding carboxylic acids is 1. The second-order valence-electron chi connectivity index (χ2n) is 5.10. The highest BCUT2D eigenvalue weighted by atomic mass is 32.2. The molecule has 1 aliphatic rings. The lowest BCUT2D eigenvalue weighted by atomic mass is 10.2. The van der Waals surface area contributed by atoms with Crippen molar-refractivity contribution >= 4 is 15.9 Å². The Morgan fingerprint density at radius 1 is 1.47 bits per heavy atom. The molecule has 0 aliphatic carbocycles. The van der Waals surface area contributed by atoms with Crippen LogP contribution >= 0.6 is 0 Å². The lowest BCUT2D eigenvalue weighted by Crippen LogP contribution is -2.44. The molecule has 1 saturated heterocycles. The fourth-order valence-corrected chi connectivity index (χ4v) is 3.08. The van der Waals surface area contributed by atoms with Crippen molar-refractivity contribution in [3.63, 3.8) is 0 Å². The van der Waals surface area contributed by atoms with Gasteiger partial charge in [0, 0.05) is 6.54 Å². The Labute approximate surface area is 102 Å². The molecule has 1 fully saturated rings. The number of nitrogens with two attached hydrogens (primary N) is 1. The van der Waals surface area contributed by atoms with Crippen LogP contribution < -0.4 is 5.73 Å². The Morgan fingerprint density at radius 2 is 2.06 bits per heavy atom. The Bertz CT molecular complexity index is 386. The summed E-state index contributed by atoms with van der Waals surface area (Å²) in [6.07, 6.45) is 0.499. The molecule has 100 valence electrons. The Morgan fingerprint density at radius 3 is 2.53 bits per heavy atom. The molecule has 1 atom stereocenters. The van der Waals surface area contributed by atoms with Crippen molar-refractivity contribution in [3.8, 4) is 0 Å². The van der Waals surface area contributed by atoms with Gasteiger partial charge in [-0.3, -0.25) is 4.90 Å². The van der Waals surface area contributed by atoms with E-state index in [2.05, 4.69) is 0 Å². The summed E-state index contributed by atoms with van der Waals surface area (Å²) in [6, 6.07) is 0. The zero-order chi connectivity index (χ0) is 13.3. The van der Waals surface area contributed by atoms with Crippen molar-refractivity contribution in [3.05, 3.63) is 0 Å². The second-order valence-corrected chi connectivity index (χ2v) is 7.30. The van der Waals surface area contributed by atoms with E-state index < -0.39 is 32.8 Å². The van der Waals surface area contributed by atoms with E-state index in [1.807, 2.05) is 0 Å². The number of hydrogen-bond acceptors (Lipinski definition) is 5.